The highest BCUT2D eigenvalue weighted by molar-refractivity contribution is 6.31. The van der Waals surface area contributed by atoms with Crippen LogP contribution in [0.4, 0.5) is 5.69 Å². The Labute approximate surface area is 177 Å². The third-order valence-electron chi connectivity index (χ3n) is 4.57. The average molecular weight is 427 g/mol. The molecule has 5 nitrogen and oxygen atoms in total. The molecule has 0 atom stereocenters. The van der Waals surface area contributed by atoms with Gasteiger partial charge in [-0.3, -0.25) is 4.79 Å². The molecule has 4 aromatic rings. The number of rotatable bonds is 4. The van der Waals surface area contributed by atoms with Gasteiger partial charge in [0.2, 0.25) is 5.89 Å². The zero-order valence-corrected chi connectivity index (χ0v) is 17.1. The number of oxazole rings is 1. The van der Waals surface area contributed by atoms with Crippen molar-refractivity contribution in [3.05, 3.63) is 75.8 Å². The van der Waals surface area contributed by atoms with Crippen LogP contribution in [0.3, 0.4) is 0 Å². The van der Waals surface area contributed by atoms with Gasteiger partial charge in [-0.25, -0.2) is 4.98 Å². The van der Waals surface area contributed by atoms with E-state index in [1.165, 1.54) is 7.11 Å². The lowest BCUT2D eigenvalue weighted by molar-refractivity contribution is 0.102. The quantitative estimate of drug-likeness (QED) is 0.411. The fourth-order valence-electron chi connectivity index (χ4n) is 3.06. The van der Waals surface area contributed by atoms with Crippen LogP contribution >= 0.6 is 23.2 Å². The van der Waals surface area contributed by atoms with Crippen molar-refractivity contribution in [1.29, 1.82) is 0 Å². The minimum Gasteiger partial charge on any atom is -0.496 e. The first-order valence-electron chi connectivity index (χ1n) is 8.77. The van der Waals surface area contributed by atoms with E-state index in [4.69, 9.17) is 32.4 Å². The summed E-state index contributed by atoms with van der Waals surface area (Å²) in [6.45, 7) is 1.89. The first-order valence-corrected chi connectivity index (χ1v) is 9.53. The van der Waals surface area contributed by atoms with Gasteiger partial charge in [-0.15, -0.1) is 0 Å². The Balaban J connectivity index is 1.68. The molecular weight excluding hydrogens is 411 g/mol. The van der Waals surface area contributed by atoms with E-state index in [9.17, 15) is 4.79 Å². The number of halogens is 2. The number of ether oxygens (including phenoxy) is 1. The summed E-state index contributed by atoms with van der Waals surface area (Å²) in [5.74, 6) is 0.558. The van der Waals surface area contributed by atoms with Crippen molar-refractivity contribution in [2.24, 2.45) is 0 Å². The summed E-state index contributed by atoms with van der Waals surface area (Å²) >= 11 is 12.0. The van der Waals surface area contributed by atoms with Crippen molar-refractivity contribution < 1.29 is 13.9 Å². The molecule has 0 fully saturated rings. The van der Waals surface area contributed by atoms with Crippen molar-refractivity contribution in [3.8, 4) is 17.2 Å². The van der Waals surface area contributed by atoms with Gasteiger partial charge in [-0.1, -0.05) is 29.3 Å². The predicted octanol–water partition coefficient (Wildman–Crippen LogP) is 6.37. The molecule has 0 aliphatic carbocycles. The molecule has 1 amide bonds. The number of amides is 1. The highest BCUT2D eigenvalue weighted by Crippen LogP contribution is 2.32. The minimum absolute atomic E-state index is 0.303. The maximum Gasteiger partial charge on any atom is 0.259 e. The topological polar surface area (TPSA) is 64.4 Å². The molecule has 7 heteroatoms. The predicted molar refractivity (Wildman–Crippen MR) is 115 cm³/mol. The number of methoxy groups -OCH3 is 1. The first-order chi connectivity index (χ1) is 14.0. The number of anilines is 1. The maximum atomic E-state index is 12.8. The van der Waals surface area contributed by atoms with E-state index in [0.29, 0.717) is 44.0 Å². The van der Waals surface area contributed by atoms with Crippen molar-refractivity contribution in [3.63, 3.8) is 0 Å². The number of hydrogen-bond acceptors (Lipinski definition) is 4. The van der Waals surface area contributed by atoms with Crippen molar-refractivity contribution in [1.82, 2.24) is 4.98 Å². The number of fused-ring (bicyclic) bond motifs is 1. The standard InChI is InChI=1S/C22H16Cl2N2O3/c1-12-15(22-26-18-10-13(23)7-9-19(18)29-22)4-3-5-17(12)25-21(27)16-8-6-14(24)11-20(16)28-2/h3-11H,1-2H3,(H,25,27). The molecule has 0 saturated carbocycles. The molecule has 1 N–H and O–H groups in total. The molecule has 1 heterocycles. The zero-order valence-electron chi connectivity index (χ0n) is 15.6. The number of carbonyl (C=O) groups excluding carboxylic acids is 1. The minimum atomic E-state index is -0.303. The van der Waals surface area contributed by atoms with Gasteiger partial charge in [0.05, 0.1) is 12.7 Å². The normalized spacial score (nSPS) is 10.9. The molecule has 4 rings (SSSR count). The Bertz CT molecular complexity index is 1230. The van der Waals surface area contributed by atoms with E-state index < -0.39 is 0 Å². The largest absolute Gasteiger partial charge is 0.496 e. The summed E-state index contributed by atoms with van der Waals surface area (Å²) in [6, 6.07) is 15.7. The van der Waals surface area contributed by atoms with E-state index in [0.717, 1.165) is 11.1 Å². The van der Waals surface area contributed by atoms with Gasteiger partial charge < -0.3 is 14.5 Å². The summed E-state index contributed by atoms with van der Waals surface area (Å²) in [7, 11) is 1.49. The summed E-state index contributed by atoms with van der Waals surface area (Å²) in [5.41, 5.74) is 3.95. The van der Waals surface area contributed by atoms with Crippen LogP contribution in [0.2, 0.25) is 10.0 Å². The van der Waals surface area contributed by atoms with Crippen molar-refractivity contribution >= 4 is 45.9 Å². The summed E-state index contributed by atoms with van der Waals surface area (Å²) in [4.78, 5) is 17.3. The van der Waals surface area contributed by atoms with Gasteiger partial charge in [0.15, 0.2) is 5.58 Å². The molecule has 0 bridgehead atoms. The Morgan fingerprint density at radius 3 is 2.62 bits per heavy atom. The molecule has 0 aliphatic heterocycles. The monoisotopic (exact) mass is 426 g/mol. The van der Waals surface area contributed by atoms with Crippen LogP contribution in [0, 0.1) is 6.92 Å². The fraction of sp³-hybridized carbons (Fsp3) is 0.0909. The summed E-state index contributed by atoms with van der Waals surface area (Å²) in [5, 5.41) is 4.00. The lowest BCUT2D eigenvalue weighted by Crippen LogP contribution is -2.14. The Hall–Kier alpha value is -3.02. The first kappa shape index (κ1) is 19.3. The third kappa shape index (κ3) is 3.79. The molecule has 3 aromatic carbocycles. The van der Waals surface area contributed by atoms with Crippen LogP contribution in [0.15, 0.2) is 59.0 Å². The van der Waals surface area contributed by atoms with Gasteiger partial charge >= 0.3 is 0 Å². The summed E-state index contributed by atoms with van der Waals surface area (Å²) < 4.78 is 11.1. The molecular formula is C22H16Cl2N2O3. The van der Waals surface area contributed by atoms with Gasteiger partial charge in [-0.2, -0.15) is 0 Å². The SMILES string of the molecule is COc1cc(Cl)ccc1C(=O)Nc1cccc(-c2nc3cc(Cl)ccc3o2)c1C. The van der Waals surface area contributed by atoms with Gasteiger partial charge in [-0.05, 0) is 61.0 Å². The molecule has 29 heavy (non-hydrogen) atoms. The smallest absolute Gasteiger partial charge is 0.259 e. The highest BCUT2D eigenvalue weighted by Gasteiger charge is 2.17. The molecule has 146 valence electrons. The molecule has 0 aliphatic rings. The van der Waals surface area contributed by atoms with Gasteiger partial charge in [0.25, 0.3) is 5.91 Å². The Kier molecular flexibility index (Phi) is 5.18. The van der Waals surface area contributed by atoms with E-state index in [1.54, 1.807) is 36.4 Å². The second kappa shape index (κ2) is 7.78. The number of benzene rings is 3. The van der Waals surface area contributed by atoms with Crippen LogP contribution < -0.4 is 10.1 Å². The van der Waals surface area contributed by atoms with E-state index >= 15 is 0 Å². The highest BCUT2D eigenvalue weighted by atomic mass is 35.5. The van der Waals surface area contributed by atoms with Crippen LogP contribution in [0.1, 0.15) is 15.9 Å². The number of nitrogens with zero attached hydrogens (tertiary/aromatic N) is 1. The lowest BCUT2D eigenvalue weighted by Gasteiger charge is -2.13. The van der Waals surface area contributed by atoms with E-state index in [-0.39, 0.29) is 5.91 Å². The second-order valence-corrected chi connectivity index (χ2v) is 7.28. The van der Waals surface area contributed by atoms with Crippen LogP contribution in [-0.4, -0.2) is 18.0 Å². The van der Waals surface area contributed by atoms with Gasteiger partial charge in [0, 0.05) is 21.3 Å². The van der Waals surface area contributed by atoms with Crippen LogP contribution in [0.5, 0.6) is 5.75 Å². The maximum absolute atomic E-state index is 12.8. The molecule has 0 unspecified atom stereocenters. The number of aromatic nitrogens is 1. The fourth-order valence-corrected chi connectivity index (χ4v) is 3.39. The van der Waals surface area contributed by atoms with E-state index in [2.05, 4.69) is 10.3 Å². The van der Waals surface area contributed by atoms with Crippen LogP contribution in [-0.2, 0) is 0 Å². The Morgan fingerprint density at radius 1 is 1.07 bits per heavy atom. The summed E-state index contributed by atoms with van der Waals surface area (Å²) in [6.07, 6.45) is 0. The molecule has 0 radical (unpaired) electrons. The molecule has 1 aromatic heterocycles. The third-order valence-corrected chi connectivity index (χ3v) is 5.04. The number of nitrogens with one attached hydrogen (secondary N) is 1. The van der Waals surface area contributed by atoms with Crippen molar-refractivity contribution in [2.75, 3.05) is 12.4 Å². The molecule has 0 spiro atoms. The molecule has 0 saturated heterocycles. The number of hydrogen-bond donors (Lipinski definition) is 1. The number of carbonyl (C=O) groups is 1. The van der Waals surface area contributed by atoms with Gasteiger partial charge in [0.1, 0.15) is 11.3 Å². The second-order valence-electron chi connectivity index (χ2n) is 6.41. The zero-order chi connectivity index (χ0) is 20.5. The lowest BCUT2D eigenvalue weighted by atomic mass is 10.1. The average Bonchev–Trinajstić information content (AvgIpc) is 3.12. The van der Waals surface area contributed by atoms with E-state index in [1.807, 2.05) is 25.1 Å². The van der Waals surface area contributed by atoms with Crippen LogP contribution in [0.25, 0.3) is 22.6 Å². The van der Waals surface area contributed by atoms with Crippen molar-refractivity contribution in [2.45, 2.75) is 6.92 Å². The Morgan fingerprint density at radius 2 is 1.83 bits per heavy atom.